The Hall–Kier alpha value is -5.25. The molecule has 37 heavy (non-hydrogen) atoms. The highest BCUT2D eigenvalue weighted by Gasteiger charge is 2.28. The van der Waals surface area contributed by atoms with Gasteiger partial charge in [-0.15, -0.1) is 0 Å². The molecular weight excluding hydrogens is 476 g/mol. The number of hydrogen-bond donors (Lipinski definition) is 3. The lowest BCUT2D eigenvalue weighted by atomic mass is 10.1. The van der Waals surface area contributed by atoms with E-state index in [-0.39, 0.29) is 22.6 Å². The third-order valence-corrected chi connectivity index (χ3v) is 5.66. The molecule has 186 valence electrons. The average molecular weight is 498 g/mol. The standard InChI is InChI=1S/C27H22N4O6/c1-16-22(24(32)30(28-16)20-12-8-18(9-13-20)26(34)35)6-4-3-5-7-23-17(2)29-31(25(23)33)21-14-10-19(11-15-21)27(36)37/h3-15,28H,1-2H3,(H,34,35)(H,36,37)/b5-3?,6-4?,23-7-. The Labute approximate surface area is 210 Å². The molecule has 0 bridgehead atoms. The van der Waals surface area contributed by atoms with Crippen molar-refractivity contribution >= 4 is 35.3 Å². The lowest BCUT2D eigenvalue weighted by Gasteiger charge is -2.11. The molecular formula is C27H22N4O6. The fraction of sp³-hybridized carbons (Fsp3) is 0.0741. The van der Waals surface area contributed by atoms with Gasteiger partial charge in [0.15, 0.2) is 0 Å². The van der Waals surface area contributed by atoms with E-state index in [4.69, 9.17) is 10.2 Å². The van der Waals surface area contributed by atoms with Gasteiger partial charge in [-0.05, 0) is 74.5 Å². The third-order valence-electron chi connectivity index (χ3n) is 5.66. The summed E-state index contributed by atoms with van der Waals surface area (Å²) in [5.74, 6) is -2.44. The number of H-pyrrole nitrogens is 1. The highest BCUT2D eigenvalue weighted by atomic mass is 16.4. The first kappa shape index (κ1) is 24.9. The maximum atomic E-state index is 12.8. The van der Waals surface area contributed by atoms with Gasteiger partial charge in [0, 0.05) is 5.69 Å². The van der Waals surface area contributed by atoms with Crippen LogP contribution in [0.2, 0.25) is 0 Å². The van der Waals surface area contributed by atoms with E-state index < -0.39 is 11.9 Å². The van der Waals surface area contributed by atoms with Crippen LogP contribution >= 0.6 is 0 Å². The second-order valence-electron chi connectivity index (χ2n) is 8.12. The van der Waals surface area contributed by atoms with Crippen LogP contribution in [0.4, 0.5) is 5.69 Å². The van der Waals surface area contributed by atoms with Gasteiger partial charge in [-0.1, -0.05) is 18.2 Å². The van der Waals surface area contributed by atoms with Crippen LogP contribution in [0.15, 0.2) is 88.3 Å². The summed E-state index contributed by atoms with van der Waals surface area (Å²) in [5, 5.41) is 26.5. The Bertz CT molecular complexity index is 1570. The average Bonchev–Trinajstić information content (AvgIpc) is 3.33. The number of amides is 1. The highest BCUT2D eigenvalue weighted by molar-refractivity contribution is 6.29. The van der Waals surface area contributed by atoms with Gasteiger partial charge in [0.1, 0.15) is 0 Å². The predicted molar refractivity (Wildman–Crippen MR) is 138 cm³/mol. The molecule has 0 radical (unpaired) electrons. The number of aromatic amines is 1. The van der Waals surface area contributed by atoms with E-state index in [2.05, 4.69) is 10.2 Å². The third kappa shape index (κ3) is 5.08. The van der Waals surface area contributed by atoms with Crippen LogP contribution in [0, 0.1) is 6.92 Å². The summed E-state index contributed by atoms with van der Waals surface area (Å²) in [7, 11) is 0. The number of carbonyl (C=O) groups excluding carboxylic acids is 1. The Kier molecular flexibility index (Phi) is 6.83. The quantitative estimate of drug-likeness (QED) is 0.334. The lowest BCUT2D eigenvalue weighted by Crippen LogP contribution is -2.21. The summed E-state index contributed by atoms with van der Waals surface area (Å²) in [4.78, 5) is 47.7. The molecule has 2 heterocycles. The van der Waals surface area contributed by atoms with E-state index >= 15 is 0 Å². The summed E-state index contributed by atoms with van der Waals surface area (Å²) in [6, 6.07) is 11.8. The molecule has 10 nitrogen and oxygen atoms in total. The summed E-state index contributed by atoms with van der Waals surface area (Å²) in [5.41, 5.74) is 2.88. The minimum atomic E-state index is -1.05. The van der Waals surface area contributed by atoms with E-state index in [9.17, 15) is 19.2 Å². The number of hydrogen-bond acceptors (Lipinski definition) is 5. The number of carboxylic acids is 2. The lowest BCUT2D eigenvalue weighted by molar-refractivity contribution is -0.114. The maximum absolute atomic E-state index is 12.8. The van der Waals surface area contributed by atoms with Gasteiger partial charge < -0.3 is 10.2 Å². The van der Waals surface area contributed by atoms with Gasteiger partial charge in [0.2, 0.25) is 0 Å². The first-order valence-electron chi connectivity index (χ1n) is 11.1. The predicted octanol–water partition coefficient (Wildman–Crippen LogP) is 3.79. The van der Waals surface area contributed by atoms with Crippen LogP contribution in [0.3, 0.4) is 0 Å². The van der Waals surface area contributed by atoms with Crippen molar-refractivity contribution in [2.75, 3.05) is 5.01 Å². The van der Waals surface area contributed by atoms with Gasteiger partial charge in [-0.2, -0.15) is 10.1 Å². The van der Waals surface area contributed by atoms with E-state index in [0.717, 1.165) is 0 Å². The zero-order valence-electron chi connectivity index (χ0n) is 19.9. The van der Waals surface area contributed by atoms with Crippen LogP contribution < -0.4 is 10.6 Å². The summed E-state index contributed by atoms with van der Waals surface area (Å²) < 4.78 is 1.33. The van der Waals surface area contributed by atoms with Gasteiger partial charge in [0.25, 0.3) is 11.5 Å². The first-order chi connectivity index (χ1) is 17.7. The number of nitrogens with one attached hydrogen (secondary N) is 1. The monoisotopic (exact) mass is 498 g/mol. The van der Waals surface area contributed by atoms with Crippen LogP contribution in [0.1, 0.15) is 38.9 Å². The number of carboxylic acid groups (broad SMARTS) is 2. The summed E-state index contributed by atoms with van der Waals surface area (Å²) >= 11 is 0. The molecule has 0 unspecified atom stereocenters. The zero-order valence-corrected chi connectivity index (χ0v) is 19.9. The van der Waals surface area contributed by atoms with E-state index in [0.29, 0.717) is 33.9 Å². The number of allylic oxidation sites excluding steroid dienone is 4. The molecule has 0 saturated heterocycles. The van der Waals surface area contributed by atoms with E-state index in [1.165, 1.54) is 46.1 Å². The fourth-order valence-electron chi connectivity index (χ4n) is 3.69. The van der Waals surface area contributed by atoms with Gasteiger partial charge in [0.05, 0.1) is 39.3 Å². The van der Waals surface area contributed by atoms with Crippen LogP contribution in [0.25, 0.3) is 11.8 Å². The van der Waals surface area contributed by atoms with Crippen molar-refractivity contribution in [3.8, 4) is 5.69 Å². The number of aromatic nitrogens is 2. The molecule has 0 aliphatic carbocycles. The molecule has 0 saturated carbocycles. The Morgan fingerprint density at radius 2 is 1.41 bits per heavy atom. The van der Waals surface area contributed by atoms with Gasteiger partial charge in [-0.25, -0.2) is 14.3 Å². The molecule has 4 rings (SSSR count). The number of benzene rings is 2. The fourth-order valence-corrected chi connectivity index (χ4v) is 3.69. The van der Waals surface area contributed by atoms with Crippen molar-refractivity contribution in [1.29, 1.82) is 0 Å². The zero-order chi connectivity index (χ0) is 26.7. The molecule has 10 heteroatoms. The second-order valence-corrected chi connectivity index (χ2v) is 8.12. The number of rotatable bonds is 7. The highest BCUT2D eigenvalue weighted by Crippen LogP contribution is 2.24. The molecule has 1 aromatic heterocycles. The Morgan fingerprint density at radius 1 is 0.838 bits per heavy atom. The Balaban J connectivity index is 1.47. The van der Waals surface area contributed by atoms with Crippen LogP contribution in [-0.4, -0.2) is 43.6 Å². The van der Waals surface area contributed by atoms with E-state index in [1.54, 1.807) is 56.4 Å². The van der Waals surface area contributed by atoms with Crippen molar-refractivity contribution in [3.05, 3.63) is 111 Å². The topological polar surface area (TPSA) is 145 Å². The number of aryl methyl sites for hydroxylation is 1. The number of anilines is 1. The minimum absolute atomic E-state index is 0.113. The normalized spacial score (nSPS) is 14.8. The largest absolute Gasteiger partial charge is 0.478 e. The molecule has 2 aromatic carbocycles. The van der Waals surface area contributed by atoms with Crippen molar-refractivity contribution in [2.45, 2.75) is 13.8 Å². The minimum Gasteiger partial charge on any atom is -0.478 e. The molecule has 1 amide bonds. The molecule has 0 fully saturated rings. The molecule has 3 N–H and O–H groups in total. The molecule has 0 atom stereocenters. The molecule has 0 spiro atoms. The SMILES string of the molecule is CC1=NN(c2ccc(C(=O)O)cc2)C(=O)/C1=C\C=CC=Cc1c(C)[nH]n(-c2ccc(C(=O)O)cc2)c1=O. The van der Waals surface area contributed by atoms with Crippen molar-refractivity contribution < 1.29 is 24.6 Å². The molecule has 1 aliphatic rings. The van der Waals surface area contributed by atoms with Gasteiger partial charge >= 0.3 is 11.9 Å². The number of hydrazone groups is 1. The van der Waals surface area contributed by atoms with Gasteiger partial charge in [-0.3, -0.25) is 14.7 Å². The summed E-state index contributed by atoms with van der Waals surface area (Å²) in [6.45, 7) is 3.46. The Morgan fingerprint density at radius 3 is 1.97 bits per heavy atom. The van der Waals surface area contributed by atoms with Crippen LogP contribution in [0.5, 0.6) is 0 Å². The molecule has 3 aromatic rings. The smallest absolute Gasteiger partial charge is 0.335 e. The van der Waals surface area contributed by atoms with Crippen molar-refractivity contribution in [2.24, 2.45) is 5.10 Å². The summed E-state index contributed by atoms with van der Waals surface area (Å²) in [6.07, 6.45) is 8.25. The number of aromatic carboxylic acids is 2. The second kappa shape index (κ2) is 10.2. The van der Waals surface area contributed by atoms with E-state index in [1.807, 2.05) is 0 Å². The molecule has 1 aliphatic heterocycles. The number of nitrogens with zero attached hydrogens (tertiary/aromatic N) is 3. The first-order valence-corrected chi connectivity index (χ1v) is 11.1. The van der Waals surface area contributed by atoms with Crippen molar-refractivity contribution in [1.82, 2.24) is 9.78 Å². The maximum Gasteiger partial charge on any atom is 0.335 e. The van der Waals surface area contributed by atoms with Crippen molar-refractivity contribution in [3.63, 3.8) is 0 Å². The van der Waals surface area contributed by atoms with Crippen LogP contribution in [-0.2, 0) is 4.79 Å². The number of carbonyl (C=O) groups is 3.